The van der Waals surface area contributed by atoms with E-state index in [2.05, 4.69) is 15.5 Å². The molecule has 0 amide bonds. The molecule has 2 heterocycles. The van der Waals surface area contributed by atoms with Crippen LogP contribution in [0.15, 0.2) is 52.6 Å². The third-order valence-corrected chi connectivity index (χ3v) is 4.21. The van der Waals surface area contributed by atoms with Gasteiger partial charge in [0.25, 0.3) is 0 Å². The normalized spacial score (nSPS) is 11.1. The van der Waals surface area contributed by atoms with Crippen molar-refractivity contribution >= 4 is 17.4 Å². The van der Waals surface area contributed by atoms with Crippen LogP contribution in [-0.4, -0.2) is 21.1 Å². The van der Waals surface area contributed by atoms with Gasteiger partial charge >= 0.3 is 0 Å². The fourth-order valence-corrected chi connectivity index (χ4v) is 3.00. The molecule has 6 heteroatoms. The first-order chi connectivity index (χ1) is 10.3. The molecule has 0 atom stereocenters. The molecule has 0 bridgehead atoms. The van der Waals surface area contributed by atoms with E-state index >= 15 is 0 Å². The van der Waals surface area contributed by atoms with E-state index in [1.807, 2.05) is 41.8 Å². The topological polar surface area (TPSA) is 42.2 Å². The molecule has 0 saturated heterocycles. The predicted molar refractivity (Wildman–Crippen MR) is 80.9 cm³/mol. The van der Waals surface area contributed by atoms with Crippen LogP contribution >= 0.6 is 11.8 Å². The summed E-state index contributed by atoms with van der Waals surface area (Å²) in [6, 6.07) is 10.8. The maximum absolute atomic E-state index is 14.2. The number of hydrogen-bond acceptors (Lipinski definition) is 4. The van der Waals surface area contributed by atoms with Gasteiger partial charge in [0.2, 0.25) is 5.16 Å². The van der Waals surface area contributed by atoms with Crippen molar-refractivity contribution in [2.24, 2.45) is 0 Å². The summed E-state index contributed by atoms with van der Waals surface area (Å²) in [4.78, 5) is 0.594. The summed E-state index contributed by atoms with van der Waals surface area (Å²) < 4.78 is 16.0. The molecule has 3 rings (SSSR count). The summed E-state index contributed by atoms with van der Waals surface area (Å²) >= 11 is 1.30. The van der Waals surface area contributed by atoms with Gasteiger partial charge < -0.3 is 5.32 Å². The Labute approximate surface area is 126 Å². The van der Waals surface area contributed by atoms with Gasteiger partial charge in [-0.05, 0) is 42.1 Å². The van der Waals surface area contributed by atoms with Crippen molar-refractivity contribution in [2.75, 3.05) is 6.54 Å². The van der Waals surface area contributed by atoms with Crippen LogP contribution in [0, 0.1) is 5.82 Å². The molecule has 1 N–H and O–H groups in total. The highest BCUT2D eigenvalue weighted by Gasteiger charge is 2.13. The first-order valence-electron chi connectivity index (χ1n) is 6.75. The monoisotopic (exact) mass is 302 g/mol. The highest BCUT2D eigenvalue weighted by Crippen LogP contribution is 2.31. The average Bonchev–Trinajstić information content (AvgIpc) is 2.91. The van der Waals surface area contributed by atoms with E-state index in [1.165, 1.54) is 17.8 Å². The molecular weight excluding hydrogens is 287 g/mol. The van der Waals surface area contributed by atoms with Gasteiger partial charge in [-0.1, -0.05) is 25.1 Å². The number of hydrogen-bond donors (Lipinski definition) is 1. The Bertz CT molecular complexity index is 756. The predicted octanol–water partition coefficient (Wildman–Crippen LogP) is 3.13. The van der Waals surface area contributed by atoms with Gasteiger partial charge in [-0.3, -0.25) is 4.40 Å². The van der Waals surface area contributed by atoms with Crippen LogP contribution in [0.5, 0.6) is 0 Å². The summed E-state index contributed by atoms with van der Waals surface area (Å²) in [6.45, 7) is 3.50. The van der Waals surface area contributed by atoms with Gasteiger partial charge in [0, 0.05) is 12.7 Å². The van der Waals surface area contributed by atoms with Gasteiger partial charge in [0.05, 0.1) is 4.90 Å². The quantitative estimate of drug-likeness (QED) is 0.786. The van der Waals surface area contributed by atoms with Gasteiger partial charge in [-0.25, -0.2) is 4.39 Å². The fraction of sp³-hybridized carbons (Fsp3) is 0.200. The molecule has 0 unspecified atom stereocenters. The molecule has 21 heavy (non-hydrogen) atoms. The zero-order valence-electron chi connectivity index (χ0n) is 11.6. The lowest BCUT2D eigenvalue weighted by molar-refractivity contribution is 0.591. The summed E-state index contributed by atoms with van der Waals surface area (Å²) in [7, 11) is 0. The van der Waals surface area contributed by atoms with E-state index < -0.39 is 0 Å². The van der Waals surface area contributed by atoms with Crippen molar-refractivity contribution in [3.05, 3.63) is 54.0 Å². The van der Waals surface area contributed by atoms with Crippen molar-refractivity contribution in [3.8, 4) is 0 Å². The lowest BCUT2D eigenvalue weighted by Gasteiger charge is -2.09. The largest absolute Gasteiger partial charge is 0.313 e. The van der Waals surface area contributed by atoms with Crippen LogP contribution < -0.4 is 5.32 Å². The number of rotatable bonds is 5. The van der Waals surface area contributed by atoms with Gasteiger partial charge in [-0.2, -0.15) is 0 Å². The van der Waals surface area contributed by atoms with E-state index in [9.17, 15) is 4.39 Å². The standard InChI is InChI=1S/C15H15FN4S/c1-2-17-10-11-6-5-7-12(16)14(11)21-15-19-18-13-8-3-4-9-20(13)15/h3-9,17H,2,10H2,1H3. The number of halogens is 1. The number of nitrogens with one attached hydrogen (secondary N) is 1. The smallest absolute Gasteiger partial charge is 0.200 e. The molecule has 0 spiro atoms. The number of aromatic nitrogens is 3. The summed E-state index contributed by atoms with van der Waals surface area (Å²) in [5.74, 6) is -0.233. The molecule has 1 aromatic carbocycles. The number of nitrogens with zero attached hydrogens (tertiary/aromatic N) is 3. The van der Waals surface area contributed by atoms with Crippen LogP contribution in [0.2, 0.25) is 0 Å². The molecule has 0 aliphatic rings. The lowest BCUT2D eigenvalue weighted by Crippen LogP contribution is -2.12. The zero-order valence-corrected chi connectivity index (χ0v) is 12.4. The molecule has 0 aliphatic heterocycles. The Morgan fingerprint density at radius 1 is 1.19 bits per heavy atom. The Balaban J connectivity index is 1.97. The Morgan fingerprint density at radius 2 is 2.10 bits per heavy atom. The number of fused-ring (bicyclic) bond motifs is 1. The number of benzene rings is 1. The molecule has 0 aliphatic carbocycles. The van der Waals surface area contributed by atoms with E-state index in [1.54, 1.807) is 6.07 Å². The fourth-order valence-electron chi connectivity index (χ4n) is 2.05. The molecule has 4 nitrogen and oxygen atoms in total. The van der Waals surface area contributed by atoms with Crippen molar-refractivity contribution in [3.63, 3.8) is 0 Å². The summed E-state index contributed by atoms with van der Waals surface area (Å²) in [5.41, 5.74) is 1.68. The van der Waals surface area contributed by atoms with Crippen molar-refractivity contribution in [2.45, 2.75) is 23.5 Å². The van der Waals surface area contributed by atoms with Crippen LogP contribution in [-0.2, 0) is 6.54 Å². The van der Waals surface area contributed by atoms with Crippen LogP contribution in [0.4, 0.5) is 4.39 Å². The SMILES string of the molecule is CCNCc1cccc(F)c1Sc1nnc2ccccn12. The summed E-state index contributed by atoms with van der Waals surface area (Å²) in [5, 5.41) is 12.1. The van der Waals surface area contributed by atoms with Gasteiger partial charge in [-0.15, -0.1) is 10.2 Å². The summed E-state index contributed by atoms with van der Waals surface area (Å²) in [6.07, 6.45) is 1.88. The molecule has 108 valence electrons. The van der Waals surface area contributed by atoms with Gasteiger partial charge in [0.15, 0.2) is 5.65 Å². The van der Waals surface area contributed by atoms with E-state index in [4.69, 9.17) is 0 Å². The van der Waals surface area contributed by atoms with E-state index in [0.717, 1.165) is 17.8 Å². The van der Waals surface area contributed by atoms with Crippen LogP contribution in [0.25, 0.3) is 5.65 Å². The highest BCUT2D eigenvalue weighted by molar-refractivity contribution is 7.99. The zero-order chi connectivity index (χ0) is 14.7. The Morgan fingerprint density at radius 3 is 2.95 bits per heavy atom. The van der Waals surface area contributed by atoms with Crippen molar-refractivity contribution in [1.82, 2.24) is 19.9 Å². The highest BCUT2D eigenvalue weighted by atomic mass is 32.2. The molecular formula is C15H15FN4S. The third-order valence-electron chi connectivity index (χ3n) is 3.09. The average molecular weight is 302 g/mol. The molecule has 3 aromatic rings. The maximum atomic E-state index is 14.2. The Hall–Kier alpha value is -1.92. The minimum Gasteiger partial charge on any atom is -0.313 e. The van der Waals surface area contributed by atoms with Crippen molar-refractivity contribution < 1.29 is 4.39 Å². The molecule has 0 radical (unpaired) electrons. The van der Waals surface area contributed by atoms with Crippen LogP contribution in [0.3, 0.4) is 0 Å². The number of pyridine rings is 1. The molecule has 2 aromatic heterocycles. The molecule has 0 fully saturated rings. The minimum absolute atomic E-state index is 0.233. The van der Waals surface area contributed by atoms with E-state index in [-0.39, 0.29) is 5.82 Å². The molecule has 0 saturated carbocycles. The lowest BCUT2D eigenvalue weighted by atomic mass is 10.2. The first kappa shape index (κ1) is 14.0. The second kappa shape index (κ2) is 6.24. The van der Waals surface area contributed by atoms with E-state index in [0.29, 0.717) is 16.6 Å². The maximum Gasteiger partial charge on any atom is 0.200 e. The first-order valence-corrected chi connectivity index (χ1v) is 7.57. The Kier molecular flexibility index (Phi) is 4.17. The second-order valence-electron chi connectivity index (χ2n) is 4.52. The van der Waals surface area contributed by atoms with Gasteiger partial charge in [0.1, 0.15) is 5.82 Å². The van der Waals surface area contributed by atoms with Crippen LogP contribution in [0.1, 0.15) is 12.5 Å². The second-order valence-corrected chi connectivity index (χ2v) is 5.50. The van der Waals surface area contributed by atoms with Crippen molar-refractivity contribution in [1.29, 1.82) is 0 Å². The third kappa shape index (κ3) is 2.91. The minimum atomic E-state index is -0.233.